The van der Waals surface area contributed by atoms with Gasteiger partial charge >= 0.3 is 0 Å². The zero-order valence-corrected chi connectivity index (χ0v) is 11.4. The zero-order valence-electron chi connectivity index (χ0n) is 11.4. The maximum atomic E-state index is 5.11. The highest BCUT2D eigenvalue weighted by molar-refractivity contribution is 5.46. The van der Waals surface area contributed by atoms with Crippen molar-refractivity contribution in [3.8, 4) is 0 Å². The molecule has 0 radical (unpaired) electrons. The second-order valence-electron chi connectivity index (χ2n) is 4.65. The molecule has 0 aliphatic carbocycles. The minimum Gasteiger partial charge on any atom is -0.383 e. The van der Waals surface area contributed by atoms with Crippen molar-refractivity contribution in [3.63, 3.8) is 0 Å². The highest BCUT2D eigenvalue weighted by Crippen LogP contribution is 2.15. The number of benzene rings is 1. The average Bonchev–Trinajstić information content (AvgIpc) is 2.46. The van der Waals surface area contributed by atoms with E-state index in [0.29, 0.717) is 0 Å². The molecule has 0 N–H and O–H groups in total. The van der Waals surface area contributed by atoms with E-state index in [1.54, 1.807) is 7.11 Å². The lowest BCUT2D eigenvalue weighted by molar-refractivity contribution is -0.0207. The molecule has 2 rings (SSSR count). The third-order valence-electron chi connectivity index (χ3n) is 3.48. The van der Waals surface area contributed by atoms with E-state index in [1.165, 1.54) is 5.69 Å². The smallest absolute Gasteiger partial charge is 0.0603 e. The first-order valence-corrected chi connectivity index (χ1v) is 6.56. The van der Waals surface area contributed by atoms with Gasteiger partial charge in [-0.2, -0.15) is 0 Å². The molecular weight excluding hydrogens is 226 g/mol. The Morgan fingerprint density at radius 2 is 1.78 bits per heavy atom. The maximum Gasteiger partial charge on any atom is 0.0603 e. The summed E-state index contributed by atoms with van der Waals surface area (Å²) in [4.78, 5) is 2.45. The first-order chi connectivity index (χ1) is 8.81. The molecule has 0 aromatic heterocycles. The Kier molecular flexibility index (Phi) is 4.99. The van der Waals surface area contributed by atoms with Crippen molar-refractivity contribution in [3.05, 3.63) is 30.3 Å². The fourth-order valence-corrected chi connectivity index (χ4v) is 2.30. The van der Waals surface area contributed by atoms with Crippen LogP contribution in [0.15, 0.2) is 30.3 Å². The molecule has 0 saturated carbocycles. The van der Waals surface area contributed by atoms with Gasteiger partial charge in [0.1, 0.15) is 0 Å². The Balaban J connectivity index is 1.81. The van der Waals surface area contributed by atoms with Gasteiger partial charge in [0.05, 0.1) is 6.61 Å². The zero-order chi connectivity index (χ0) is 12.8. The van der Waals surface area contributed by atoms with E-state index in [1.807, 2.05) is 0 Å². The van der Waals surface area contributed by atoms with Crippen LogP contribution in [-0.4, -0.2) is 63.5 Å². The highest BCUT2D eigenvalue weighted by atomic mass is 16.5. The average molecular weight is 249 g/mol. The SMILES string of the molecule is COCCN(C)N1CCN(c2ccccc2)CC1. The Hall–Kier alpha value is -1.10. The van der Waals surface area contributed by atoms with E-state index in [9.17, 15) is 0 Å². The predicted molar refractivity (Wildman–Crippen MR) is 74.7 cm³/mol. The summed E-state index contributed by atoms with van der Waals surface area (Å²) in [5.41, 5.74) is 1.33. The molecule has 4 heteroatoms. The van der Waals surface area contributed by atoms with Crippen LogP contribution in [0, 0.1) is 0 Å². The number of piperazine rings is 1. The molecular formula is C14H23N3O. The van der Waals surface area contributed by atoms with Crippen LogP contribution in [-0.2, 0) is 4.74 Å². The summed E-state index contributed by atoms with van der Waals surface area (Å²) in [5, 5.41) is 4.67. The predicted octanol–water partition coefficient (Wildman–Crippen LogP) is 1.30. The molecule has 100 valence electrons. The summed E-state index contributed by atoms with van der Waals surface area (Å²) >= 11 is 0. The number of hydrogen-bond acceptors (Lipinski definition) is 4. The normalized spacial score (nSPS) is 17.4. The molecule has 1 saturated heterocycles. The van der Waals surface area contributed by atoms with E-state index < -0.39 is 0 Å². The van der Waals surface area contributed by atoms with Gasteiger partial charge in [0.2, 0.25) is 0 Å². The van der Waals surface area contributed by atoms with Gasteiger partial charge in [-0.05, 0) is 12.1 Å². The Bertz CT molecular complexity index is 336. The van der Waals surface area contributed by atoms with Crippen molar-refractivity contribution in [2.45, 2.75) is 0 Å². The monoisotopic (exact) mass is 249 g/mol. The Morgan fingerprint density at radius 1 is 1.11 bits per heavy atom. The van der Waals surface area contributed by atoms with Gasteiger partial charge in [-0.3, -0.25) is 0 Å². The maximum absolute atomic E-state index is 5.11. The number of nitrogens with zero attached hydrogens (tertiary/aromatic N) is 3. The topological polar surface area (TPSA) is 19.0 Å². The van der Waals surface area contributed by atoms with Crippen molar-refractivity contribution in [1.29, 1.82) is 0 Å². The number of hydrogen-bond donors (Lipinski definition) is 0. The lowest BCUT2D eigenvalue weighted by Gasteiger charge is -2.40. The van der Waals surface area contributed by atoms with Crippen molar-refractivity contribution >= 4 is 5.69 Å². The molecule has 1 aliphatic heterocycles. The fourth-order valence-electron chi connectivity index (χ4n) is 2.30. The van der Waals surface area contributed by atoms with Gasteiger partial charge < -0.3 is 9.64 Å². The van der Waals surface area contributed by atoms with Gasteiger partial charge in [-0.15, -0.1) is 0 Å². The van der Waals surface area contributed by atoms with Crippen LogP contribution in [0.1, 0.15) is 0 Å². The largest absolute Gasteiger partial charge is 0.383 e. The fraction of sp³-hybridized carbons (Fsp3) is 0.571. The number of methoxy groups -OCH3 is 1. The minimum atomic E-state index is 0.787. The summed E-state index contributed by atoms with van der Waals surface area (Å²) in [6.45, 7) is 6.07. The summed E-state index contributed by atoms with van der Waals surface area (Å²) in [7, 11) is 3.89. The van der Waals surface area contributed by atoms with Crippen LogP contribution in [0.3, 0.4) is 0 Å². The molecule has 0 amide bonds. The molecule has 0 spiro atoms. The quantitative estimate of drug-likeness (QED) is 0.783. The van der Waals surface area contributed by atoms with Crippen LogP contribution >= 0.6 is 0 Å². The summed E-state index contributed by atoms with van der Waals surface area (Å²) in [6, 6.07) is 10.6. The molecule has 1 heterocycles. The first kappa shape index (κ1) is 13.3. The van der Waals surface area contributed by atoms with E-state index in [4.69, 9.17) is 4.74 Å². The van der Waals surface area contributed by atoms with E-state index in [2.05, 4.69) is 52.3 Å². The van der Waals surface area contributed by atoms with Crippen LogP contribution < -0.4 is 4.90 Å². The summed E-state index contributed by atoms with van der Waals surface area (Å²) in [6.07, 6.45) is 0. The lowest BCUT2D eigenvalue weighted by Crippen LogP contribution is -2.53. The third-order valence-corrected chi connectivity index (χ3v) is 3.48. The van der Waals surface area contributed by atoms with Crippen molar-refractivity contribution in [2.24, 2.45) is 0 Å². The summed E-state index contributed by atoms with van der Waals surface area (Å²) < 4.78 is 5.11. The van der Waals surface area contributed by atoms with Crippen LogP contribution in [0.25, 0.3) is 0 Å². The second-order valence-corrected chi connectivity index (χ2v) is 4.65. The molecule has 0 atom stereocenters. The molecule has 1 aliphatic rings. The number of rotatable bonds is 5. The van der Waals surface area contributed by atoms with Gasteiger partial charge in [0.15, 0.2) is 0 Å². The number of para-hydroxylation sites is 1. The Morgan fingerprint density at radius 3 is 2.39 bits per heavy atom. The molecule has 18 heavy (non-hydrogen) atoms. The van der Waals surface area contributed by atoms with Gasteiger partial charge in [-0.1, -0.05) is 18.2 Å². The highest BCUT2D eigenvalue weighted by Gasteiger charge is 2.19. The van der Waals surface area contributed by atoms with Crippen LogP contribution in [0.5, 0.6) is 0 Å². The molecule has 4 nitrogen and oxygen atoms in total. The number of likely N-dealkylation sites (N-methyl/N-ethyl adjacent to an activating group) is 1. The van der Waals surface area contributed by atoms with Gasteiger partial charge in [-0.25, -0.2) is 10.0 Å². The van der Waals surface area contributed by atoms with Gasteiger partial charge in [0, 0.05) is 52.6 Å². The Labute approximate surface area is 110 Å². The second kappa shape index (κ2) is 6.73. The molecule has 1 fully saturated rings. The van der Waals surface area contributed by atoms with E-state index in [-0.39, 0.29) is 0 Å². The number of ether oxygens (including phenoxy) is 1. The lowest BCUT2D eigenvalue weighted by atomic mass is 10.2. The van der Waals surface area contributed by atoms with Crippen LogP contribution in [0.4, 0.5) is 5.69 Å². The van der Waals surface area contributed by atoms with E-state index in [0.717, 1.165) is 39.3 Å². The van der Waals surface area contributed by atoms with Crippen molar-refractivity contribution in [1.82, 2.24) is 10.0 Å². The number of anilines is 1. The molecule has 1 aromatic rings. The minimum absolute atomic E-state index is 0.787. The van der Waals surface area contributed by atoms with Crippen molar-refractivity contribution < 1.29 is 4.74 Å². The first-order valence-electron chi connectivity index (χ1n) is 6.56. The van der Waals surface area contributed by atoms with E-state index >= 15 is 0 Å². The standard InChI is InChI=1S/C14H23N3O/c1-15(12-13-18-2)17-10-8-16(9-11-17)14-6-4-3-5-7-14/h3-7H,8-13H2,1-2H3. The molecule has 0 unspecified atom stereocenters. The third kappa shape index (κ3) is 3.45. The summed E-state index contributed by atoms with van der Waals surface area (Å²) in [5.74, 6) is 0. The van der Waals surface area contributed by atoms with Gasteiger partial charge in [0.25, 0.3) is 0 Å². The molecule has 0 bridgehead atoms. The van der Waals surface area contributed by atoms with Crippen molar-refractivity contribution in [2.75, 3.05) is 58.4 Å². The molecule has 1 aromatic carbocycles. The number of hydrazine groups is 1. The van der Waals surface area contributed by atoms with Crippen LogP contribution in [0.2, 0.25) is 0 Å².